The lowest BCUT2D eigenvalue weighted by atomic mass is 9.86. The zero-order chi connectivity index (χ0) is 28.4. The molecule has 1 nitrogen and oxygen atoms in total. The van der Waals surface area contributed by atoms with Crippen molar-refractivity contribution in [2.45, 2.75) is 47.8 Å². The van der Waals surface area contributed by atoms with E-state index in [1.165, 1.54) is 6.07 Å². The standard InChI is InChI=1S/C26H32N/c1-18-14-25(27(7)17-22(18)16-26(4,5)6)24-15-23(19(2)13-20(24)3)21-11-9-8-10-12-21/h8-15,17H,16H2,1-7H3/q+1/i2D3,8D,9D,10D,11D,12D,16D2. The Bertz CT molecular complexity index is 1370. The largest absolute Gasteiger partial charge is 0.212 e. The Labute approximate surface area is 178 Å². The Balaban J connectivity index is 2.41. The molecule has 27 heavy (non-hydrogen) atoms. The molecule has 2 aromatic carbocycles. The molecular formula is C26H32N+. The number of nitrogens with zero attached hydrogens (tertiary/aromatic N) is 1. The summed E-state index contributed by atoms with van der Waals surface area (Å²) in [6, 6.07) is 2.32. The van der Waals surface area contributed by atoms with Gasteiger partial charge in [-0.3, -0.25) is 0 Å². The number of aromatic nitrogens is 1. The van der Waals surface area contributed by atoms with Crippen LogP contribution in [0.3, 0.4) is 0 Å². The Kier molecular flexibility index (Phi) is 2.77. The van der Waals surface area contributed by atoms with E-state index < -0.39 is 48.9 Å². The van der Waals surface area contributed by atoms with Gasteiger partial charge >= 0.3 is 0 Å². The van der Waals surface area contributed by atoms with Crippen LogP contribution in [0.1, 0.15) is 56.7 Å². The minimum Gasteiger partial charge on any atom is -0.201 e. The maximum Gasteiger partial charge on any atom is 0.212 e. The highest BCUT2D eigenvalue weighted by Gasteiger charge is 2.20. The van der Waals surface area contributed by atoms with E-state index in [0.717, 1.165) is 5.56 Å². The molecule has 3 aromatic rings. The van der Waals surface area contributed by atoms with Gasteiger partial charge in [-0.1, -0.05) is 57.0 Å². The topological polar surface area (TPSA) is 3.88 Å². The smallest absolute Gasteiger partial charge is 0.201 e. The molecule has 1 aromatic heterocycles. The summed E-state index contributed by atoms with van der Waals surface area (Å²) in [5, 5.41) is 0. The fraction of sp³-hybridized carbons (Fsp3) is 0.346. The van der Waals surface area contributed by atoms with Gasteiger partial charge in [0, 0.05) is 24.0 Å². The first kappa shape index (κ1) is 10.2. The van der Waals surface area contributed by atoms with Crippen molar-refractivity contribution in [2.75, 3.05) is 0 Å². The molecule has 0 N–H and O–H groups in total. The summed E-state index contributed by atoms with van der Waals surface area (Å²) in [6.45, 7) is 6.50. The number of hydrogen-bond acceptors (Lipinski definition) is 0. The van der Waals surface area contributed by atoms with Gasteiger partial charge in [0.1, 0.15) is 7.05 Å². The molecule has 3 rings (SSSR count). The van der Waals surface area contributed by atoms with Gasteiger partial charge in [-0.25, -0.2) is 4.57 Å². The molecule has 0 amide bonds. The fourth-order valence-electron chi connectivity index (χ4n) is 3.13. The fourth-order valence-corrected chi connectivity index (χ4v) is 3.13. The molecule has 0 radical (unpaired) electrons. The van der Waals surface area contributed by atoms with E-state index in [4.69, 9.17) is 13.7 Å². The van der Waals surface area contributed by atoms with Crippen molar-refractivity contribution in [2.24, 2.45) is 12.5 Å². The van der Waals surface area contributed by atoms with E-state index in [1.807, 2.05) is 33.8 Å². The first-order valence-electron chi connectivity index (χ1n) is 13.9. The van der Waals surface area contributed by atoms with Crippen molar-refractivity contribution < 1.29 is 18.3 Å². The van der Waals surface area contributed by atoms with Gasteiger partial charge < -0.3 is 0 Å². The molecule has 0 unspecified atom stereocenters. The molecule has 0 atom stereocenters. The maximum atomic E-state index is 8.72. The number of hydrogen-bond donors (Lipinski definition) is 0. The Hall–Kier alpha value is -2.41. The van der Waals surface area contributed by atoms with E-state index in [9.17, 15) is 0 Å². The molecular weight excluding hydrogens is 326 g/mol. The zero-order valence-electron chi connectivity index (χ0n) is 26.8. The Morgan fingerprint density at radius 3 is 2.30 bits per heavy atom. The van der Waals surface area contributed by atoms with E-state index in [2.05, 4.69) is 0 Å². The molecule has 0 aliphatic heterocycles. The number of pyridine rings is 1. The van der Waals surface area contributed by atoms with Crippen LogP contribution in [0.15, 0.2) is 54.6 Å². The molecule has 1 heterocycles. The van der Waals surface area contributed by atoms with Crippen molar-refractivity contribution in [3.63, 3.8) is 0 Å². The molecule has 140 valence electrons. The van der Waals surface area contributed by atoms with Crippen LogP contribution < -0.4 is 4.57 Å². The monoisotopic (exact) mass is 368 g/mol. The van der Waals surface area contributed by atoms with Gasteiger partial charge in [0.15, 0.2) is 6.20 Å². The van der Waals surface area contributed by atoms with Gasteiger partial charge in [0.25, 0.3) is 0 Å². The summed E-state index contributed by atoms with van der Waals surface area (Å²) >= 11 is 0. The second kappa shape index (κ2) is 7.31. The lowest BCUT2D eigenvalue weighted by molar-refractivity contribution is -0.660. The number of aryl methyl sites for hydroxylation is 4. The van der Waals surface area contributed by atoms with Crippen LogP contribution in [-0.2, 0) is 13.4 Å². The van der Waals surface area contributed by atoms with Crippen molar-refractivity contribution >= 4 is 0 Å². The highest BCUT2D eigenvalue weighted by atomic mass is 14.9. The third-order valence-electron chi connectivity index (χ3n) is 4.40. The minimum absolute atomic E-state index is 0.0457. The van der Waals surface area contributed by atoms with Gasteiger partial charge in [-0.2, -0.15) is 0 Å². The van der Waals surface area contributed by atoms with Crippen LogP contribution >= 0.6 is 0 Å². The lowest BCUT2D eigenvalue weighted by Gasteiger charge is -2.19. The third-order valence-corrected chi connectivity index (χ3v) is 4.40. The van der Waals surface area contributed by atoms with Gasteiger partial charge in [0.05, 0.1) is 6.85 Å². The zero-order valence-corrected chi connectivity index (χ0v) is 16.8. The van der Waals surface area contributed by atoms with Crippen molar-refractivity contribution in [1.82, 2.24) is 0 Å². The third kappa shape index (κ3) is 4.30. The van der Waals surface area contributed by atoms with Gasteiger partial charge in [-0.05, 0) is 66.4 Å². The lowest BCUT2D eigenvalue weighted by Crippen LogP contribution is -2.32. The van der Waals surface area contributed by atoms with E-state index in [0.29, 0.717) is 22.4 Å². The second-order valence-electron chi connectivity index (χ2n) is 7.95. The average molecular weight is 369 g/mol. The molecule has 0 aliphatic carbocycles. The first-order chi connectivity index (χ1) is 16.7. The van der Waals surface area contributed by atoms with Crippen LogP contribution in [0.25, 0.3) is 22.4 Å². The summed E-state index contributed by atoms with van der Waals surface area (Å²) in [4.78, 5) is 0. The quantitative estimate of drug-likeness (QED) is 0.474. The molecule has 0 saturated carbocycles. The molecule has 0 fully saturated rings. The predicted octanol–water partition coefficient (Wildman–Crippen LogP) is 6.36. The molecule has 1 heteroatoms. The van der Waals surface area contributed by atoms with E-state index in [1.54, 1.807) is 30.8 Å². The molecule has 0 saturated heterocycles. The van der Waals surface area contributed by atoms with Crippen LogP contribution in [0.4, 0.5) is 0 Å². The summed E-state index contributed by atoms with van der Waals surface area (Å²) in [6.07, 6.45) is 0.114. The van der Waals surface area contributed by atoms with Crippen molar-refractivity contribution in [3.05, 3.63) is 76.9 Å². The maximum absolute atomic E-state index is 8.72. The van der Waals surface area contributed by atoms with E-state index in [-0.39, 0.29) is 16.7 Å². The minimum atomic E-state index is -2.59. The molecule has 0 aliphatic rings. The van der Waals surface area contributed by atoms with Gasteiger partial charge in [-0.15, -0.1) is 0 Å². The number of benzene rings is 2. The van der Waals surface area contributed by atoms with Crippen LogP contribution in [0.5, 0.6) is 0 Å². The van der Waals surface area contributed by atoms with Crippen molar-refractivity contribution in [1.29, 1.82) is 0 Å². The van der Waals surface area contributed by atoms with Crippen LogP contribution in [-0.4, -0.2) is 0 Å². The number of rotatable bonds is 3. The first-order valence-corrected chi connectivity index (χ1v) is 8.95. The molecule has 0 bridgehead atoms. The Morgan fingerprint density at radius 2 is 1.67 bits per heavy atom. The normalized spacial score (nSPS) is 18.0. The van der Waals surface area contributed by atoms with Crippen LogP contribution in [0, 0.1) is 26.1 Å². The summed E-state index contributed by atoms with van der Waals surface area (Å²) in [5.74, 6) is 0. The summed E-state index contributed by atoms with van der Waals surface area (Å²) in [5.41, 5.74) is 2.29. The van der Waals surface area contributed by atoms with Crippen molar-refractivity contribution in [3.8, 4) is 22.4 Å². The summed E-state index contributed by atoms with van der Waals surface area (Å²) in [7, 11) is 1.78. The highest BCUT2D eigenvalue weighted by molar-refractivity contribution is 5.75. The SMILES string of the molecule is [2H]c1c([2H])c([2H])c(-c2cc(-c3cc(C)c(C([2H])([2H])C(C)(C)C)c[n+]3C)c(C)cc2C([2H])([2H])[2H])c([2H])c1[2H]. The average Bonchev–Trinajstić information content (AvgIpc) is 2.77. The molecule has 0 spiro atoms. The summed E-state index contributed by atoms with van der Waals surface area (Å²) < 4.78 is 84.4. The van der Waals surface area contributed by atoms with E-state index >= 15 is 0 Å². The van der Waals surface area contributed by atoms with Gasteiger partial charge in [0.2, 0.25) is 5.69 Å². The second-order valence-corrected chi connectivity index (χ2v) is 7.95. The highest BCUT2D eigenvalue weighted by Crippen LogP contribution is 2.32. The predicted molar refractivity (Wildman–Crippen MR) is 116 cm³/mol. The Morgan fingerprint density at radius 1 is 0.963 bits per heavy atom. The van der Waals surface area contributed by atoms with Crippen LogP contribution in [0.2, 0.25) is 0 Å².